The van der Waals surface area contributed by atoms with Crippen molar-refractivity contribution in [2.75, 3.05) is 20.8 Å². The molecule has 0 unspecified atom stereocenters. The van der Waals surface area contributed by atoms with Gasteiger partial charge in [0.25, 0.3) is 0 Å². The molecule has 3 nitrogen and oxygen atoms in total. The van der Waals surface area contributed by atoms with Crippen molar-refractivity contribution in [3.05, 3.63) is 115 Å². The minimum absolute atomic E-state index is 0.605. The number of rotatable bonds is 12. The van der Waals surface area contributed by atoms with Gasteiger partial charge in [-0.15, -0.1) is 0 Å². The van der Waals surface area contributed by atoms with Gasteiger partial charge in [0.05, 0.1) is 32.0 Å². The van der Waals surface area contributed by atoms with Gasteiger partial charge in [-0.2, -0.15) is 0 Å². The van der Waals surface area contributed by atoms with E-state index in [0.29, 0.717) is 6.61 Å². The van der Waals surface area contributed by atoms with Crippen LogP contribution in [0.3, 0.4) is 0 Å². The van der Waals surface area contributed by atoms with Crippen LogP contribution in [0.4, 0.5) is 0 Å². The first kappa shape index (κ1) is 30.6. The monoisotopic (exact) mass is 618 g/mol. The second-order valence-electron chi connectivity index (χ2n) is 12.4. The SMILES string of the molecule is CCCCCCCCOc1c(-c2c3ccccc3cc3ccccc23)c(OC)cc(OC)c1-c1c2ccccc2cc2ccccc12. The second-order valence-corrected chi connectivity index (χ2v) is 12.4. The number of benzene rings is 7. The Kier molecular flexibility index (Phi) is 8.97. The normalized spacial score (nSPS) is 11.5. The highest BCUT2D eigenvalue weighted by atomic mass is 16.5. The molecular formula is C44H42O3. The predicted molar refractivity (Wildman–Crippen MR) is 199 cm³/mol. The van der Waals surface area contributed by atoms with E-state index in [4.69, 9.17) is 14.2 Å². The molecule has 0 fully saturated rings. The molecular weight excluding hydrogens is 576 g/mol. The van der Waals surface area contributed by atoms with Crippen LogP contribution in [0.15, 0.2) is 115 Å². The Hall–Kier alpha value is -5.02. The lowest BCUT2D eigenvalue weighted by Gasteiger charge is -2.25. The molecule has 236 valence electrons. The summed E-state index contributed by atoms with van der Waals surface area (Å²) in [6, 6.07) is 41.1. The van der Waals surface area contributed by atoms with E-state index in [1.54, 1.807) is 14.2 Å². The molecule has 0 bridgehead atoms. The first-order valence-corrected chi connectivity index (χ1v) is 17.0. The van der Waals surface area contributed by atoms with Crippen molar-refractivity contribution in [2.24, 2.45) is 0 Å². The zero-order valence-corrected chi connectivity index (χ0v) is 27.6. The maximum absolute atomic E-state index is 7.10. The first-order chi connectivity index (χ1) is 23.2. The lowest BCUT2D eigenvalue weighted by molar-refractivity contribution is 0.302. The van der Waals surface area contributed by atoms with Gasteiger partial charge >= 0.3 is 0 Å². The summed E-state index contributed by atoms with van der Waals surface area (Å²) >= 11 is 0. The molecule has 0 aliphatic heterocycles. The van der Waals surface area contributed by atoms with Crippen LogP contribution in [0.25, 0.3) is 65.3 Å². The summed E-state index contributed by atoms with van der Waals surface area (Å²) in [6.45, 7) is 2.87. The van der Waals surface area contributed by atoms with E-state index in [0.717, 1.165) is 73.9 Å². The highest BCUT2D eigenvalue weighted by Crippen LogP contribution is 2.55. The molecule has 0 spiro atoms. The van der Waals surface area contributed by atoms with Crippen LogP contribution < -0.4 is 14.2 Å². The molecule has 3 heteroatoms. The molecule has 0 N–H and O–H groups in total. The molecule has 0 radical (unpaired) electrons. The Bertz CT molecular complexity index is 1940. The summed E-state index contributed by atoms with van der Waals surface area (Å²) in [6.07, 6.45) is 7.13. The van der Waals surface area contributed by atoms with E-state index >= 15 is 0 Å². The number of methoxy groups -OCH3 is 2. The average Bonchev–Trinajstić information content (AvgIpc) is 3.12. The molecule has 0 amide bonds. The summed E-state index contributed by atoms with van der Waals surface area (Å²) in [5.74, 6) is 2.27. The summed E-state index contributed by atoms with van der Waals surface area (Å²) in [7, 11) is 3.49. The van der Waals surface area contributed by atoms with Crippen LogP contribution in [0.1, 0.15) is 45.4 Å². The number of ether oxygens (including phenoxy) is 3. The fourth-order valence-electron chi connectivity index (χ4n) is 7.17. The topological polar surface area (TPSA) is 27.7 Å². The molecule has 7 aromatic rings. The van der Waals surface area contributed by atoms with Crippen LogP contribution in [0.2, 0.25) is 0 Å². The van der Waals surface area contributed by atoms with Crippen molar-refractivity contribution in [2.45, 2.75) is 45.4 Å². The number of fused-ring (bicyclic) bond motifs is 4. The Balaban J connectivity index is 1.58. The molecule has 7 aromatic carbocycles. The van der Waals surface area contributed by atoms with Crippen molar-refractivity contribution in [1.29, 1.82) is 0 Å². The van der Waals surface area contributed by atoms with E-state index < -0.39 is 0 Å². The largest absolute Gasteiger partial charge is 0.496 e. The number of unbranched alkanes of at least 4 members (excludes halogenated alkanes) is 5. The molecule has 0 aliphatic carbocycles. The smallest absolute Gasteiger partial charge is 0.142 e. The number of hydrogen-bond donors (Lipinski definition) is 0. The molecule has 0 saturated carbocycles. The van der Waals surface area contributed by atoms with Gasteiger partial charge in [0.2, 0.25) is 0 Å². The molecule has 47 heavy (non-hydrogen) atoms. The maximum Gasteiger partial charge on any atom is 0.142 e. The maximum atomic E-state index is 7.10. The summed E-state index contributed by atoms with van der Waals surface area (Å²) in [5.41, 5.74) is 4.14. The van der Waals surface area contributed by atoms with E-state index in [1.807, 2.05) is 0 Å². The zero-order chi connectivity index (χ0) is 32.2. The quantitative estimate of drug-likeness (QED) is 0.101. The van der Waals surface area contributed by atoms with Crippen molar-refractivity contribution >= 4 is 43.1 Å². The van der Waals surface area contributed by atoms with Crippen molar-refractivity contribution in [3.63, 3.8) is 0 Å². The van der Waals surface area contributed by atoms with Crippen LogP contribution >= 0.6 is 0 Å². The van der Waals surface area contributed by atoms with Gasteiger partial charge in [-0.25, -0.2) is 0 Å². The highest BCUT2D eigenvalue weighted by molar-refractivity contribution is 6.18. The van der Waals surface area contributed by atoms with Gasteiger partial charge in [-0.05, 0) is 61.6 Å². The van der Waals surface area contributed by atoms with E-state index in [1.165, 1.54) is 47.2 Å². The van der Waals surface area contributed by atoms with E-state index in [9.17, 15) is 0 Å². The summed E-state index contributed by atoms with van der Waals surface area (Å²) in [4.78, 5) is 0. The van der Waals surface area contributed by atoms with Gasteiger partial charge in [0.15, 0.2) is 0 Å². The Labute approximate surface area is 277 Å². The number of hydrogen-bond acceptors (Lipinski definition) is 3. The third-order valence-corrected chi connectivity index (χ3v) is 9.44. The fourth-order valence-corrected chi connectivity index (χ4v) is 7.17. The molecule has 0 aromatic heterocycles. The third kappa shape index (κ3) is 5.76. The third-order valence-electron chi connectivity index (χ3n) is 9.44. The molecule has 0 saturated heterocycles. The van der Waals surface area contributed by atoms with Crippen molar-refractivity contribution < 1.29 is 14.2 Å². The minimum atomic E-state index is 0.605. The predicted octanol–water partition coefficient (Wildman–Crippen LogP) is 12.4. The fraction of sp³-hybridized carbons (Fsp3) is 0.227. The Morgan fingerprint density at radius 1 is 0.426 bits per heavy atom. The lowest BCUT2D eigenvalue weighted by Crippen LogP contribution is -2.05. The van der Waals surface area contributed by atoms with Crippen molar-refractivity contribution in [3.8, 4) is 39.5 Å². The standard InChI is InChI=1S/C44H42O3/c1-4-5-6-7-8-17-26-47-44-42(40-34-22-13-9-18-30(34)27-31-19-10-14-23-35(31)40)38(45-2)29-39(46-3)43(44)41-36-24-15-11-20-32(36)28-33-21-12-16-25-37(33)41/h9-16,18-25,27-29H,4-8,17,26H2,1-3H3. The van der Waals surface area contributed by atoms with Crippen molar-refractivity contribution in [1.82, 2.24) is 0 Å². The van der Waals surface area contributed by atoms with Crippen LogP contribution in [-0.4, -0.2) is 20.8 Å². The minimum Gasteiger partial charge on any atom is -0.496 e. The Morgan fingerprint density at radius 3 is 1.21 bits per heavy atom. The van der Waals surface area contributed by atoms with Gasteiger partial charge in [-0.3, -0.25) is 0 Å². The van der Waals surface area contributed by atoms with Gasteiger partial charge in [0.1, 0.15) is 17.2 Å². The molecule has 7 rings (SSSR count). The van der Waals surface area contributed by atoms with Gasteiger partial charge in [0, 0.05) is 17.2 Å². The van der Waals surface area contributed by atoms with E-state index in [-0.39, 0.29) is 0 Å². The molecule has 0 aliphatic rings. The zero-order valence-electron chi connectivity index (χ0n) is 27.6. The van der Waals surface area contributed by atoms with Crippen LogP contribution in [0.5, 0.6) is 17.2 Å². The second kappa shape index (κ2) is 13.8. The van der Waals surface area contributed by atoms with Gasteiger partial charge < -0.3 is 14.2 Å². The van der Waals surface area contributed by atoms with E-state index in [2.05, 4.69) is 122 Å². The average molecular weight is 619 g/mol. The molecule has 0 heterocycles. The summed E-state index contributed by atoms with van der Waals surface area (Å²) < 4.78 is 19.6. The Morgan fingerprint density at radius 2 is 0.809 bits per heavy atom. The highest BCUT2D eigenvalue weighted by Gasteiger charge is 2.28. The summed E-state index contributed by atoms with van der Waals surface area (Å²) in [5, 5.41) is 9.36. The van der Waals surface area contributed by atoms with Gasteiger partial charge in [-0.1, -0.05) is 136 Å². The van der Waals surface area contributed by atoms with Crippen LogP contribution in [0, 0.1) is 0 Å². The van der Waals surface area contributed by atoms with Crippen LogP contribution in [-0.2, 0) is 0 Å². The molecule has 0 atom stereocenters. The first-order valence-electron chi connectivity index (χ1n) is 17.0. The lowest BCUT2D eigenvalue weighted by atomic mass is 9.86.